The van der Waals surface area contributed by atoms with Crippen LogP contribution in [0.4, 0.5) is 0 Å². The maximum atomic E-state index is 11.4. The Balaban J connectivity index is 2.45. The first kappa shape index (κ1) is 11.4. The van der Waals surface area contributed by atoms with Crippen molar-refractivity contribution in [2.45, 2.75) is 26.4 Å². The zero-order valence-corrected chi connectivity index (χ0v) is 8.40. The molecule has 0 aliphatic heterocycles. The first-order valence-electron chi connectivity index (χ1n) is 4.68. The Morgan fingerprint density at radius 1 is 1.71 bits per heavy atom. The van der Waals surface area contributed by atoms with Crippen molar-refractivity contribution in [3.8, 4) is 0 Å². The fraction of sp³-hybridized carbons (Fsp3) is 0.889. The summed E-state index contributed by atoms with van der Waals surface area (Å²) in [7, 11) is 0. The molecule has 3 atom stereocenters. The van der Waals surface area contributed by atoms with Gasteiger partial charge in [0.25, 0.3) is 0 Å². The van der Waals surface area contributed by atoms with Crippen LogP contribution >= 0.6 is 0 Å². The topological polar surface area (TPSA) is 76.0 Å². The molecule has 5 nitrogen and oxygen atoms in total. The second-order valence-electron chi connectivity index (χ2n) is 3.81. The molecular formula is C9H16O5. The lowest BCUT2D eigenvalue weighted by Gasteiger charge is -2.13. The van der Waals surface area contributed by atoms with Gasteiger partial charge in [-0.25, -0.2) is 4.89 Å². The van der Waals surface area contributed by atoms with Crippen LogP contribution in [0.1, 0.15) is 20.3 Å². The van der Waals surface area contributed by atoms with Crippen molar-refractivity contribution in [2.24, 2.45) is 11.3 Å². The molecule has 1 rings (SSSR count). The number of rotatable bonds is 5. The predicted molar refractivity (Wildman–Crippen MR) is 47.4 cm³/mol. The lowest BCUT2D eigenvalue weighted by Crippen LogP contribution is -2.25. The number of esters is 1. The Morgan fingerprint density at radius 3 is 2.86 bits per heavy atom. The normalized spacial score (nSPS) is 32.4. The second kappa shape index (κ2) is 4.25. The van der Waals surface area contributed by atoms with Crippen molar-refractivity contribution in [1.29, 1.82) is 0 Å². The van der Waals surface area contributed by atoms with E-state index < -0.39 is 11.5 Å². The van der Waals surface area contributed by atoms with E-state index in [1.54, 1.807) is 13.8 Å². The van der Waals surface area contributed by atoms with Gasteiger partial charge < -0.3 is 9.84 Å². The Kier molecular flexibility index (Phi) is 3.47. The number of ether oxygens (including phenoxy) is 1. The Morgan fingerprint density at radius 2 is 2.36 bits per heavy atom. The van der Waals surface area contributed by atoms with Gasteiger partial charge in [-0.05, 0) is 20.3 Å². The van der Waals surface area contributed by atoms with Gasteiger partial charge in [-0.1, -0.05) is 0 Å². The number of hydrogen-bond donors (Lipinski definition) is 2. The van der Waals surface area contributed by atoms with Crippen molar-refractivity contribution < 1.29 is 24.8 Å². The smallest absolute Gasteiger partial charge is 0.312 e. The third-order valence-corrected chi connectivity index (χ3v) is 2.75. The minimum absolute atomic E-state index is 0.167. The summed E-state index contributed by atoms with van der Waals surface area (Å²) < 4.78 is 4.87. The largest absolute Gasteiger partial charge is 0.466 e. The molecule has 0 aromatic rings. The third-order valence-electron chi connectivity index (χ3n) is 2.75. The fourth-order valence-corrected chi connectivity index (χ4v) is 1.68. The van der Waals surface area contributed by atoms with E-state index in [1.807, 2.05) is 0 Å². The minimum Gasteiger partial charge on any atom is -0.466 e. The van der Waals surface area contributed by atoms with E-state index >= 15 is 0 Å². The number of carbonyl (C=O) groups excluding carboxylic acids is 1. The molecule has 0 spiro atoms. The predicted octanol–water partition coefficient (Wildman–Crippen LogP) is 0.426. The van der Waals surface area contributed by atoms with Gasteiger partial charge >= 0.3 is 5.97 Å². The van der Waals surface area contributed by atoms with Crippen LogP contribution in [-0.4, -0.2) is 35.7 Å². The second-order valence-corrected chi connectivity index (χ2v) is 3.81. The Hall–Kier alpha value is -0.650. The van der Waals surface area contributed by atoms with Crippen LogP contribution in [0.5, 0.6) is 0 Å². The SMILES string of the molecule is CCOC(=O)C1(C)CC1C(O)COO. The summed E-state index contributed by atoms with van der Waals surface area (Å²) in [6, 6.07) is 0. The molecule has 2 N–H and O–H groups in total. The van der Waals surface area contributed by atoms with Crippen LogP contribution in [0.15, 0.2) is 0 Å². The summed E-state index contributed by atoms with van der Waals surface area (Å²) in [6.07, 6.45) is -0.231. The molecule has 0 aromatic heterocycles. The standard InChI is InChI=1S/C9H16O5/c1-3-13-8(11)9(2)4-6(9)7(10)5-14-12/h6-7,10,12H,3-5H2,1-2H3. The summed E-state index contributed by atoms with van der Waals surface area (Å²) in [6.45, 7) is 3.66. The van der Waals surface area contributed by atoms with Crippen LogP contribution in [0.2, 0.25) is 0 Å². The number of hydrogen-bond acceptors (Lipinski definition) is 5. The molecule has 0 bridgehead atoms. The molecule has 14 heavy (non-hydrogen) atoms. The molecule has 5 heteroatoms. The van der Waals surface area contributed by atoms with E-state index in [2.05, 4.69) is 4.89 Å². The summed E-state index contributed by atoms with van der Waals surface area (Å²) in [5, 5.41) is 17.6. The van der Waals surface area contributed by atoms with Crippen molar-refractivity contribution in [3.63, 3.8) is 0 Å². The highest BCUT2D eigenvalue weighted by atomic mass is 17.1. The molecule has 1 aliphatic carbocycles. The summed E-state index contributed by atoms with van der Waals surface area (Å²) in [4.78, 5) is 15.2. The van der Waals surface area contributed by atoms with Crippen molar-refractivity contribution in [2.75, 3.05) is 13.2 Å². The Bertz CT molecular complexity index is 217. The molecule has 0 aromatic carbocycles. The van der Waals surface area contributed by atoms with E-state index in [1.165, 1.54) is 0 Å². The van der Waals surface area contributed by atoms with Gasteiger partial charge in [-0.3, -0.25) is 10.1 Å². The summed E-state index contributed by atoms with van der Waals surface area (Å²) in [5.74, 6) is -0.462. The molecule has 1 fully saturated rings. The van der Waals surface area contributed by atoms with Crippen LogP contribution in [0.25, 0.3) is 0 Å². The first-order chi connectivity index (χ1) is 6.56. The van der Waals surface area contributed by atoms with Crippen molar-refractivity contribution >= 4 is 5.97 Å². The molecule has 0 saturated heterocycles. The molecule has 1 saturated carbocycles. The van der Waals surface area contributed by atoms with Crippen molar-refractivity contribution in [3.05, 3.63) is 0 Å². The lowest BCUT2D eigenvalue weighted by molar-refractivity contribution is -0.258. The highest BCUT2D eigenvalue weighted by Crippen LogP contribution is 2.54. The van der Waals surface area contributed by atoms with Crippen molar-refractivity contribution in [1.82, 2.24) is 0 Å². The zero-order valence-electron chi connectivity index (χ0n) is 8.40. The summed E-state index contributed by atoms with van der Waals surface area (Å²) in [5.41, 5.74) is -0.603. The molecule has 1 aliphatic rings. The van der Waals surface area contributed by atoms with E-state index in [0.717, 1.165) is 0 Å². The number of carbonyl (C=O) groups is 1. The third kappa shape index (κ3) is 2.05. The highest BCUT2D eigenvalue weighted by Gasteiger charge is 2.60. The fourth-order valence-electron chi connectivity index (χ4n) is 1.68. The van der Waals surface area contributed by atoms with Gasteiger partial charge in [0, 0.05) is 5.92 Å². The van der Waals surface area contributed by atoms with Crippen LogP contribution in [0, 0.1) is 11.3 Å². The Labute approximate surface area is 82.6 Å². The molecule has 0 heterocycles. The van der Waals surface area contributed by atoms with Crippen LogP contribution < -0.4 is 0 Å². The van der Waals surface area contributed by atoms with E-state index in [-0.39, 0.29) is 18.5 Å². The van der Waals surface area contributed by atoms with Gasteiger partial charge in [0.05, 0.1) is 18.1 Å². The highest BCUT2D eigenvalue weighted by molar-refractivity contribution is 5.80. The zero-order chi connectivity index (χ0) is 10.8. The quantitative estimate of drug-likeness (QED) is 0.386. The van der Waals surface area contributed by atoms with Gasteiger partial charge in [0.1, 0.15) is 6.61 Å². The average Bonchev–Trinajstić information content (AvgIpc) is 2.81. The van der Waals surface area contributed by atoms with Gasteiger partial charge in [0.15, 0.2) is 0 Å². The monoisotopic (exact) mass is 204 g/mol. The molecular weight excluding hydrogens is 188 g/mol. The molecule has 0 radical (unpaired) electrons. The minimum atomic E-state index is -0.811. The van der Waals surface area contributed by atoms with Crippen LogP contribution in [-0.2, 0) is 14.4 Å². The summed E-state index contributed by atoms with van der Waals surface area (Å²) >= 11 is 0. The molecule has 0 amide bonds. The maximum Gasteiger partial charge on any atom is 0.312 e. The van der Waals surface area contributed by atoms with E-state index in [0.29, 0.717) is 13.0 Å². The van der Waals surface area contributed by atoms with Gasteiger partial charge in [0.2, 0.25) is 0 Å². The van der Waals surface area contributed by atoms with E-state index in [9.17, 15) is 9.90 Å². The lowest BCUT2D eigenvalue weighted by atomic mass is 10.0. The first-order valence-corrected chi connectivity index (χ1v) is 4.68. The maximum absolute atomic E-state index is 11.4. The average molecular weight is 204 g/mol. The van der Waals surface area contributed by atoms with Gasteiger partial charge in [-0.2, -0.15) is 0 Å². The number of aliphatic hydroxyl groups excluding tert-OH is 1. The number of aliphatic hydroxyl groups is 1. The van der Waals surface area contributed by atoms with Gasteiger partial charge in [-0.15, -0.1) is 0 Å². The molecule has 82 valence electrons. The van der Waals surface area contributed by atoms with Crippen LogP contribution in [0.3, 0.4) is 0 Å². The molecule has 3 unspecified atom stereocenters. The van der Waals surface area contributed by atoms with E-state index in [4.69, 9.17) is 9.99 Å².